The van der Waals surface area contributed by atoms with Crippen molar-refractivity contribution in [2.45, 2.75) is 12.5 Å². The van der Waals surface area contributed by atoms with Crippen LogP contribution in [-0.4, -0.2) is 22.0 Å². The number of hydrogen-bond donors (Lipinski definition) is 2. The number of carbonyl (C=O) groups is 2. The van der Waals surface area contributed by atoms with Gasteiger partial charge in [0.25, 0.3) is 5.91 Å². The fraction of sp³-hybridized carbons (Fsp3) is 0.154. The number of aromatic nitrogens is 1. The van der Waals surface area contributed by atoms with Crippen LogP contribution in [0.3, 0.4) is 0 Å². The van der Waals surface area contributed by atoms with E-state index in [0.29, 0.717) is 5.56 Å². The molecule has 1 unspecified atom stereocenters. The van der Waals surface area contributed by atoms with E-state index in [1.54, 1.807) is 6.07 Å². The number of amides is 1. The summed E-state index contributed by atoms with van der Waals surface area (Å²) < 4.78 is 0. The number of rotatable bonds is 5. The third-order valence-electron chi connectivity index (χ3n) is 2.56. The van der Waals surface area contributed by atoms with Gasteiger partial charge >= 0.3 is 5.97 Å². The van der Waals surface area contributed by atoms with Crippen LogP contribution in [0.25, 0.3) is 0 Å². The average Bonchev–Trinajstić information content (AvgIpc) is 2.91. The number of halogens is 1. The van der Waals surface area contributed by atoms with Crippen molar-refractivity contribution < 1.29 is 14.7 Å². The molecule has 2 heterocycles. The van der Waals surface area contributed by atoms with Gasteiger partial charge in [-0.1, -0.05) is 17.7 Å². The fourth-order valence-electron chi connectivity index (χ4n) is 1.67. The highest BCUT2D eigenvalue weighted by atomic mass is 35.5. The topological polar surface area (TPSA) is 79.3 Å². The molecule has 0 spiro atoms. The molecule has 0 aromatic carbocycles. The Morgan fingerprint density at radius 2 is 2.25 bits per heavy atom. The normalized spacial score (nSPS) is 11.8. The molecule has 0 bridgehead atoms. The maximum atomic E-state index is 12.1. The van der Waals surface area contributed by atoms with Crippen molar-refractivity contribution in [3.05, 3.63) is 51.4 Å². The maximum absolute atomic E-state index is 12.1. The quantitative estimate of drug-likeness (QED) is 0.832. The SMILES string of the molecule is O=C(O)CC(NC(=O)c1ccnc(Cl)c1)c1cccs1. The number of thiophene rings is 1. The lowest BCUT2D eigenvalue weighted by molar-refractivity contribution is -0.137. The largest absolute Gasteiger partial charge is 0.481 e. The monoisotopic (exact) mass is 310 g/mol. The van der Waals surface area contributed by atoms with Gasteiger partial charge < -0.3 is 10.4 Å². The first-order chi connectivity index (χ1) is 9.56. The van der Waals surface area contributed by atoms with Crippen LogP contribution in [0, 0.1) is 0 Å². The van der Waals surface area contributed by atoms with Crippen molar-refractivity contribution in [1.82, 2.24) is 10.3 Å². The van der Waals surface area contributed by atoms with Crippen molar-refractivity contribution in [3.63, 3.8) is 0 Å². The molecule has 2 aromatic heterocycles. The molecule has 0 radical (unpaired) electrons. The highest BCUT2D eigenvalue weighted by Crippen LogP contribution is 2.22. The molecule has 0 saturated heterocycles. The Labute approximate surface area is 124 Å². The first-order valence-corrected chi connectivity index (χ1v) is 6.99. The third kappa shape index (κ3) is 3.79. The number of carboxylic acid groups (broad SMARTS) is 1. The Bertz CT molecular complexity index is 616. The Morgan fingerprint density at radius 3 is 2.85 bits per heavy atom. The lowest BCUT2D eigenvalue weighted by atomic mass is 10.1. The van der Waals surface area contributed by atoms with Gasteiger partial charge in [-0.25, -0.2) is 4.98 Å². The van der Waals surface area contributed by atoms with E-state index in [2.05, 4.69) is 10.3 Å². The molecule has 0 aliphatic heterocycles. The Balaban J connectivity index is 2.15. The minimum atomic E-state index is -0.975. The molecule has 2 rings (SSSR count). The van der Waals surface area contributed by atoms with E-state index in [9.17, 15) is 9.59 Å². The molecule has 0 fully saturated rings. The second kappa shape index (κ2) is 6.49. The van der Waals surface area contributed by atoms with Crippen molar-refractivity contribution in [2.24, 2.45) is 0 Å². The molecule has 0 saturated carbocycles. The zero-order chi connectivity index (χ0) is 14.5. The number of hydrogen-bond acceptors (Lipinski definition) is 4. The number of nitrogens with zero attached hydrogens (tertiary/aromatic N) is 1. The summed E-state index contributed by atoms with van der Waals surface area (Å²) >= 11 is 7.12. The zero-order valence-corrected chi connectivity index (χ0v) is 11.8. The molecule has 0 aliphatic carbocycles. The van der Waals surface area contributed by atoms with E-state index in [0.717, 1.165) is 4.88 Å². The minimum Gasteiger partial charge on any atom is -0.481 e. The van der Waals surface area contributed by atoms with Crippen LogP contribution in [0.15, 0.2) is 35.8 Å². The van der Waals surface area contributed by atoms with Gasteiger partial charge in [-0.2, -0.15) is 0 Å². The smallest absolute Gasteiger partial charge is 0.305 e. The van der Waals surface area contributed by atoms with Crippen molar-refractivity contribution >= 4 is 34.8 Å². The van der Waals surface area contributed by atoms with E-state index in [1.165, 1.54) is 29.7 Å². The molecule has 20 heavy (non-hydrogen) atoms. The van der Waals surface area contributed by atoms with Crippen LogP contribution in [0.4, 0.5) is 0 Å². The van der Waals surface area contributed by atoms with Crippen LogP contribution in [0.5, 0.6) is 0 Å². The summed E-state index contributed by atoms with van der Waals surface area (Å²) in [5.41, 5.74) is 0.344. The number of aliphatic carboxylic acids is 1. The van der Waals surface area contributed by atoms with Crippen molar-refractivity contribution in [3.8, 4) is 0 Å². The minimum absolute atomic E-state index is 0.176. The number of nitrogens with one attached hydrogen (secondary N) is 1. The van der Waals surface area contributed by atoms with Crippen molar-refractivity contribution in [1.29, 1.82) is 0 Å². The van der Waals surface area contributed by atoms with Crippen LogP contribution in [0.1, 0.15) is 27.7 Å². The summed E-state index contributed by atoms with van der Waals surface area (Å²) in [5, 5.41) is 13.7. The zero-order valence-electron chi connectivity index (χ0n) is 10.2. The lowest BCUT2D eigenvalue weighted by Crippen LogP contribution is -2.29. The highest BCUT2D eigenvalue weighted by Gasteiger charge is 2.19. The van der Waals surface area contributed by atoms with Crippen LogP contribution >= 0.6 is 22.9 Å². The van der Waals surface area contributed by atoms with Gasteiger partial charge in [0.1, 0.15) is 5.15 Å². The fourth-order valence-corrected chi connectivity index (χ4v) is 2.62. The van der Waals surface area contributed by atoms with Gasteiger partial charge in [0, 0.05) is 16.6 Å². The Morgan fingerprint density at radius 1 is 1.45 bits per heavy atom. The van der Waals surface area contributed by atoms with Crippen molar-refractivity contribution in [2.75, 3.05) is 0 Å². The summed E-state index contributed by atoms with van der Waals surface area (Å²) in [6, 6.07) is 5.99. The summed E-state index contributed by atoms with van der Waals surface area (Å²) in [5.74, 6) is -1.36. The summed E-state index contributed by atoms with van der Waals surface area (Å²) in [4.78, 5) is 27.6. The second-order valence-corrected chi connectivity index (χ2v) is 5.37. The Hall–Kier alpha value is -1.92. The predicted octanol–water partition coefficient (Wildman–Crippen LogP) is 2.74. The molecule has 5 nitrogen and oxygen atoms in total. The van der Waals surface area contributed by atoms with Crippen LogP contribution in [-0.2, 0) is 4.79 Å². The maximum Gasteiger partial charge on any atom is 0.305 e. The van der Waals surface area contributed by atoms with Gasteiger partial charge in [-0.3, -0.25) is 9.59 Å². The molecular weight excluding hydrogens is 300 g/mol. The number of carboxylic acids is 1. The molecular formula is C13H11ClN2O3S. The average molecular weight is 311 g/mol. The second-order valence-electron chi connectivity index (χ2n) is 4.01. The predicted molar refractivity (Wildman–Crippen MR) is 76.0 cm³/mol. The van der Waals surface area contributed by atoms with E-state index < -0.39 is 12.0 Å². The third-order valence-corrected chi connectivity index (χ3v) is 3.75. The van der Waals surface area contributed by atoms with Gasteiger partial charge in [0.2, 0.25) is 0 Å². The van der Waals surface area contributed by atoms with Gasteiger partial charge in [0.05, 0.1) is 12.5 Å². The molecule has 7 heteroatoms. The van der Waals surface area contributed by atoms with Crippen LogP contribution in [0.2, 0.25) is 5.15 Å². The summed E-state index contributed by atoms with van der Waals surface area (Å²) in [6.45, 7) is 0. The van der Waals surface area contributed by atoms with E-state index in [-0.39, 0.29) is 17.5 Å². The molecule has 1 atom stereocenters. The standard InChI is InChI=1S/C13H11ClN2O3S/c14-11-6-8(3-4-15-11)13(19)16-9(7-12(17)18)10-2-1-5-20-10/h1-6,9H,7H2,(H,16,19)(H,17,18). The summed E-state index contributed by atoms with van der Waals surface area (Å²) in [7, 11) is 0. The molecule has 0 aliphatic rings. The van der Waals surface area contributed by atoms with E-state index in [4.69, 9.17) is 16.7 Å². The molecule has 2 aromatic rings. The van der Waals surface area contributed by atoms with Gasteiger partial charge in [0.15, 0.2) is 0 Å². The van der Waals surface area contributed by atoms with E-state index >= 15 is 0 Å². The number of pyridine rings is 1. The lowest BCUT2D eigenvalue weighted by Gasteiger charge is -2.15. The van der Waals surface area contributed by atoms with Crippen LogP contribution < -0.4 is 5.32 Å². The Kier molecular flexibility index (Phi) is 4.70. The first-order valence-electron chi connectivity index (χ1n) is 5.74. The highest BCUT2D eigenvalue weighted by molar-refractivity contribution is 7.10. The van der Waals surface area contributed by atoms with Gasteiger partial charge in [-0.05, 0) is 23.6 Å². The van der Waals surface area contributed by atoms with Gasteiger partial charge in [-0.15, -0.1) is 11.3 Å². The summed E-state index contributed by atoms with van der Waals surface area (Å²) in [6.07, 6.45) is 1.25. The molecule has 2 N–H and O–H groups in total. The molecule has 1 amide bonds. The number of carbonyl (C=O) groups excluding carboxylic acids is 1. The first kappa shape index (κ1) is 14.5. The van der Waals surface area contributed by atoms with E-state index in [1.807, 2.05) is 11.4 Å². The molecule has 104 valence electrons.